The number of thiophene rings is 1. The lowest BCUT2D eigenvalue weighted by molar-refractivity contribution is -0.147. The van der Waals surface area contributed by atoms with Crippen LogP contribution >= 0.6 is 34.5 Å². The Kier molecular flexibility index (Phi) is 6.24. The standard InChI is InChI=1S/C20H21Cl2N3O3S/c1-11-17(15-6-7-16(22)29-15)18(26)25(10-28-11)20(2,3)19(27)24-14-8-13(21)5-4-12(14)9-23/h4-8H,9-10,23H2,1-3H3,(H,24,27). The predicted molar refractivity (Wildman–Crippen MR) is 117 cm³/mol. The van der Waals surface area contributed by atoms with Crippen molar-refractivity contribution in [2.24, 2.45) is 5.73 Å². The maximum Gasteiger partial charge on any atom is 0.262 e. The van der Waals surface area contributed by atoms with Crippen molar-refractivity contribution >= 4 is 57.6 Å². The molecule has 1 aliphatic heterocycles. The molecule has 1 aliphatic rings. The molecular formula is C20H21Cl2N3O3S. The molecule has 0 fully saturated rings. The van der Waals surface area contributed by atoms with Crippen molar-refractivity contribution in [1.82, 2.24) is 4.90 Å². The highest BCUT2D eigenvalue weighted by Crippen LogP contribution is 2.35. The molecule has 0 spiro atoms. The lowest BCUT2D eigenvalue weighted by atomic mass is 9.98. The van der Waals surface area contributed by atoms with E-state index < -0.39 is 5.54 Å². The van der Waals surface area contributed by atoms with Gasteiger partial charge in [0.1, 0.15) is 11.3 Å². The molecule has 6 nitrogen and oxygen atoms in total. The monoisotopic (exact) mass is 453 g/mol. The first-order valence-corrected chi connectivity index (χ1v) is 10.4. The predicted octanol–water partition coefficient (Wildman–Crippen LogP) is 4.48. The summed E-state index contributed by atoms with van der Waals surface area (Å²) in [5.41, 5.74) is 6.22. The molecule has 154 valence electrons. The van der Waals surface area contributed by atoms with Crippen LogP contribution in [0.15, 0.2) is 36.1 Å². The Morgan fingerprint density at radius 3 is 2.66 bits per heavy atom. The highest BCUT2D eigenvalue weighted by molar-refractivity contribution is 7.17. The van der Waals surface area contributed by atoms with Crippen LogP contribution in [0.5, 0.6) is 0 Å². The van der Waals surface area contributed by atoms with Crippen molar-refractivity contribution in [2.75, 3.05) is 12.0 Å². The fourth-order valence-electron chi connectivity index (χ4n) is 2.96. The number of nitrogens with two attached hydrogens (primary N) is 1. The van der Waals surface area contributed by atoms with Crippen LogP contribution in [0.1, 0.15) is 31.2 Å². The van der Waals surface area contributed by atoms with Crippen LogP contribution in [-0.4, -0.2) is 29.0 Å². The van der Waals surface area contributed by atoms with Gasteiger partial charge in [0.15, 0.2) is 6.73 Å². The van der Waals surface area contributed by atoms with Gasteiger partial charge in [-0.1, -0.05) is 29.3 Å². The Labute approximate surface area is 183 Å². The van der Waals surface area contributed by atoms with E-state index in [0.717, 1.165) is 5.56 Å². The summed E-state index contributed by atoms with van der Waals surface area (Å²) in [6.07, 6.45) is 0. The Morgan fingerprint density at radius 1 is 1.31 bits per heavy atom. The van der Waals surface area contributed by atoms with Crippen molar-refractivity contribution in [1.29, 1.82) is 0 Å². The van der Waals surface area contributed by atoms with E-state index >= 15 is 0 Å². The van der Waals surface area contributed by atoms with Crippen molar-refractivity contribution in [3.05, 3.63) is 55.9 Å². The number of carbonyl (C=O) groups is 2. The zero-order chi connectivity index (χ0) is 21.3. The lowest BCUT2D eigenvalue weighted by Crippen LogP contribution is -2.57. The fraction of sp³-hybridized carbons (Fsp3) is 0.300. The molecule has 1 aromatic heterocycles. The van der Waals surface area contributed by atoms with E-state index in [1.54, 1.807) is 51.1 Å². The highest BCUT2D eigenvalue weighted by Gasteiger charge is 2.42. The molecule has 0 aliphatic carbocycles. The number of hydrogen-bond donors (Lipinski definition) is 2. The fourth-order valence-corrected chi connectivity index (χ4v) is 4.26. The first kappa shape index (κ1) is 21.6. The molecule has 3 rings (SSSR count). The van der Waals surface area contributed by atoms with Gasteiger partial charge in [0, 0.05) is 22.1 Å². The number of nitrogens with one attached hydrogen (secondary N) is 1. The summed E-state index contributed by atoms with van der Waals surface area (Å²) >= 11 is 13.4. The molecule has 29 heavy (non-hydrogen) atoms. The summed E-state index contributed by atoms with van der Waals surface area (Å²) in [7, 11) is 0. The van der Waals surface area contributed by atoms with E-state index in [2.05, 4.69) is 5.32 Å². The van der Waals surface area contributed by atoms with Gasteiger partial charge in [0.25, 0.3) is 5.91 Å². The van der Waals surface area contributed by atoms with Gasteiger partial charge in [0.05, 0.1) is 9.91 Å². The van der Waals surface area contributed by atoms with E-state index in [1.165, 1.54) is 16.2 Å². The van der Waals surface area contributed by atoms with E-state index in [0.29, 0.717) is 31.3 Å². The van der Waals surface area contributed by atoms with Gasteiger partial charge in [-0.15, -0.1) is 11.3 Å². The minimum Gasteiger partial charge on any atom is -0.477 e. The molecule has 0 saturated heterocycles. The molecule has 0 atom stereocenters. The second kappa shape index (κ2) is 8.36. The van der Waals surface area contributed by atoms with Crippen LogP contribution in [0.2, 0.25) is 9.36 Å². The number of nitrogens with zero attached hydrogens (tertiary/aromatic N) is 1. The maximum atomic E-state index is 13.3. The third kappa shape index (κ3) is 4.28. The number of halogens is 2. The summed E-state index contributed by atoms with van der Waals surface area (Å²) in [5, 5.41) is 3.32. The Balaban J connectivity index is 1.88. The Morgan fingerprint density at radius 2 is 2.03 bits per heavy atom. The molecule has 2 heterocycles. The van der Waals surface area contributed by atoms with E-state index in [4.69, 9.17) is 33.7 Å². The SMILES string of the molecule is CC1=C(c2ccc(Cl)s2)C(=O)N(C(C)(C)C(=O)Nc2cc(Cl)ccc2CN)CO1. The van der Waals surface area contributed by atoms with Crippen LogP contribution in [0.3, 0.4) is 0 Å². The number of hydrogen-bond acceptors (Lipinski definition) is 5. The normalized spacial score (nSPS) is 14.8. The maximum absolute atomic E-state index is 13.3. The number of carbonyl (C=O) groups excluding carboxylic acids is 2. The van der Waals surface area contributed by atoms with Gasteiger partial charge >= 0.3 is 0 Å². The lowest BCUT2D eigenvalue weighted by Gasteiger charge is -2.40. The van der Waals surface area contributed by atoms with Crippen molar-refractivity contribution in [3.8, 4) is 0 Å². The van der Waals surface area contributed by atoms with Gasteiger partial charge in [0.2, 0.25) is 5.91 Å². The Hall–Kier alpha value is -2.06. The quantitative estimate of drug-likeness (QED) is 0.698. The summed E-state index contributed by atoms with van der Waals surface area (Å²) in [5.74, 6) is -0.173. The molecular weight excluding hydrogens is 433 g/mol. The first-order chi connectivity index (χ1) is 13.6. The largest absolute Gasteiger partial charge is 0.477 e. The van der Waals surface area contributed by atoms with Crippen LogP contribution in [0, 0.1) is 0 Å². The topological polar surface area (TPSA) is 84.7 Å². The zero-order valence-electron chi connectivity index (χ0n) is 16.2. The highest BCUT2D eigenvalue weighted by atomic mass is 35.5. The van der Waals surface area contributed by atoms with Gasteiger partial charge in [-0.25, -0.2) is 0 Å². The molecule has 2 amide bonds. The van der Waals surface area contributed by atoms with Gasteiger partial charge < -0.3 is 15.8 Å². The van der Waals surface area contributed by atoms with Gasteiger partial charge in [-0.3, -0.25) is 14.5 Å². The zero-order valence-corrected chi connectivity index (χ0v) is 18.5. The van der Waals surface area contributed by atoms with Crippen molar-refractivity contribution in [3.63, 3.8) is 0 Å². The molecule has 0 bridgehead atoms. The number of anilines is 1. The third-order valence-corrected chi connectivity index (χ3v) is 6.30. The van der Waals surface area contributed by atoms with Crippen LogP contribution in [0.4, 0.5) is 5.69 Å². The number of amides is 2. The smallest absolute Gasteiger partial charge is 0.262 e. The minimum absolute atomic E-state index is 0.0347. The number of rotatable bonds is 5. The molecule has 1 aromatic carbocycles. The molecule has 0 radical (unpaired) electrons. The molecule has 0 unspecified atom stereocenters. The second-order valence-corrected chi connectivity index (χ2v) is 9.21. The molecule has 0 saturated carbocycles. The average Bonchev–Trinajstić information content (AvgIpc) is 3.07. The Bertz CT molecular complexity index is 1000. The number of ether oxygens (including phenoxy) is 1. The van der Waals surface area contributed by atoms with Crippen LogP contribution in [-0.2, 0) is 20.9 Å². The molecule has 9 heteroatoms. The number of benzene rings is 1. The van der Waals surface area contributed by atoms with E-state index in [9.17, 15) is 9.59 Å². The first-order valence-electron chi connectivity index (χ1n) is 8.86. The summed E-state index contributed by atoms with van der Waals surface area (Å²) < 4.78 is 6.28. The van der Waals surface area contributed by atoms with E-state index in [-0.39, 0.29) is 25.1 Å². The van der Waals surface area contributed by atoms with E-state index in [1.807, 2.05) is 0 Å². The van der Waals surface area contributed by atoms with Crippen molar-refractivity contribution in [2.45, 2.75) is 32.9 Å². The summed E-state index contributed by atoms with van der Waals surface area (Å²) in [6, 6.07) is 8.58. The average molecular weight is 454 g/mol. The third-order valence-electron chi connectivity index (χ3n) is 4.81. The second-order valence-electron chi connectivity index (χ2n) is 7.06. The summed E-state index contributed by atoms with van der Waals surface area (Å²) in [6.45, 7) is 5.26. The molecule has 3 N–H and O–H groups in total. The summed E-state index contributed by atoms with van der Waals surface area (Å²) in [4.78, 5) is 28.5. The van der Waals surface area contributed by atoms with Crippen LogP contribution in [0.25, 0.3) is 5.57 Å². The number of allylic oxidation sites excluding steroid dienone is 1. The van der Waals surface area contributed by atoms with Crippen LogP contribution < -0.4 is 11.1 Å². The molecule has 2 aromatic rings. The van der Waals surface area contributed by atoms with Gasteiger partial charge in [-0.2, -0.15) is 0 Å². The van der Waals surface area contributed by atoms with Crippen molar-refractivity contribution < 1.29 is 14.3 Å². The minimum atomic E-state index is -1.20. The van der Waals surface area contributed by atoms with Gasteiger partial charge in [-0.05, 0) is 50.6 Å².